The molecule has 8 nitrogen and oxygen atoms in total. The van der Waals surface area contributed by atoms with Gasteiger partial charge in [-0.05, 0) is 50.7 Å². The van der Waals surface area contributed by atoms with Crippen molar-refractivity contribution in [3.63, 3.8) is 0 Å². The highest BCUT2D eigenvalue weighted by Crippen LogP contribution is 2.31. The molecule has 3 amide bonds. The van der Waals surface area contributed by atoms with E-state index in [4.69, 9.17) is 23.2 Å². The standard InChI is InChI=1S/C25H31Cl2N5O3/c1-24(2,3)11-18(23(35)29-15(12-28)8-14-10-25(4,5)32-21(14)33)31-22(34)17-9-13-6-7-16(26)19(27)20(13)30-17/h6-7,9,14-15,18,30H,8,10-11H2,1-5H3,(H,29,35)(H,31,34)(H,32,33)/t14-,15+,18+/m1/s1. The average molecular weight is 520 g/mol. The Hall–Kier alpha value is -2.76. The fourth-order valence-electron chi connectivity index (χ4n) is 4.41. The van der Waals surface area contributed by atoms with E-state index in [2.05, 4.69) is 27.0 Å². The summed E-state index contributed by atoms with van der Waals surface area (Å²) in [6, 6.07) is 5.35. The maximum Gasteiger partial charge on any atom is 0.268 e. The van der Waals surface area contributed by atoms with Gasteiger partial charge < -0.3 is 20.9 Å². The van der Waals surface area contributed by atoms with Gasteiger partial charge in [-0.3, -0.25) is 14.4 Å². The third-order valence-corrected chi connectivity index (χ3v) is 6.76. The van der Waals surface area contributed by atoms with Crippen LogP contribution in [0.2, 0.25) is 10.0 Å². The van der Waals surface area contributed by atoms with E-state index in [-0.39, 0.29) is 34.9 Å². The number of hydrogen-bond acceptors (Lipinski definition) is 4. The number of amides is 3. The van der Waals surface area contributed by atoms with Crippen molar-refractivity contribution >= 4 is 51.8 Å². The monoisotopic (exact) mass is 519 g/mol. The minimum Gasteiger partial charge on any atom is -0.351 e. The number of nitrogens with zero attached hydrogens (tertiary/aromatic N) is 1. The van der Waals surface area contributed by atoms with E-state index in [9.17, 15) is 19.6 Å². The number of carbonyl (C=O) groups is 3. The van der Waals surface area contributed by atoms with Crippen molar-refractivity contribution in [2.24, 2.45) is 11.3 Å². The van der Waals surface area contributed by atoms with Gasteiger partial charge in [0.1, 0.15) is 17.8 Å². The molecule has 0 spiro atoms. The maximum absolute atomic E-state index is 13.2. The number of nitriles is 1. The van der Waals surface area contributed by atoms with Crippen LogP contribution in [0, 0.1) is 22.7 Å². The molecule has 10 heteroatoms. The SMILES string of the molecule is CC(C)(C)C[C@H](NC(=O)c1cc2ccc(Cl)c(Cl)c2[nH]1)C(=O)N[C@H](C#N)C[C@@H]1CC(C)(C)NC1=O. The molecule has 0 radical (unpaired) electrons. The van der Waals surface area contributed by atoms with Crippen molar-refractivity contribution in [1.82, 2.24) is 20.9 Å². The summed E-state index contributed by atoms with van der Waals surface area (Å²) in [4.78, 5) is 41.5. The van der Waals surface area contributed by atoms with Gasteiger partial charge in [0.25, 0.3) is 5.91 Å². The van der Waals surface area contributed by atoms with E-state index in [1.54, 1.807) is 18.2 Å². The topological polar surface area (TPSA) is 127 Å². The van der Waals surface area contributed by atoms with Crippen molar-refractivity contribution in [3.05, 3.63) is 33.9 Å². The van der Waals surface area contributed by atoms with E-state index in [1.165, 1.54) is 0 Å². The molecule has 1 fully saturated rings. The molecular weight excluding hydrogens is 489 g/mol. The number of halogens is 2. The van der Waals surface area contributed by atoms with E-state index < -0.39 is 23.9 Å². The molecule has 0 saturated carbocycles. The number of rotatable bonds is 7. The summed E-state index contributed by atoms with van der Waals surface area (Å²) in [6.45, 7) is 9.71. The lowest BCUT2D eigenvalue weighted by Crippen LogP contribution is -2.51. The Labute approximate surface area is 215 Å². The first-order chi connectivity index (χ1) is 16.2. The molecule has 0 aliphatic carbocycles. The maximum atomic E-state index is 13.2. The third-order valence-electron chi connectivity index (χ3n) is 5.95. The summed E-state index contributed by atoms with van der Waals surface area (Å²) in [5.41, 5.74) is 0.131. The average Bonchev–Trinajstić information content (AvgIpc) is 3.29. The Morgan fingerprint density at radius 2 is 1.94 bits per heavy atom. The predicted molar refractivity (Wildman–Crippen MR) is 136 cm³/mol. The predicted octanol–water partition coefficient (Wildman–Crippen LogP) is 4.32. The van der Waals surface area contributed by atoms with Crippen molar-refractivity contribution in [1.29, 1.82) is 5.26 Å². The van der Waals surface area contributed by atoms with Crippen LogP contribution >= 0.6 is 23.2 Å². The lowest BCUT2D eigenvalue weighted by Gasteiger charge is -2.27. The molecule has 2 heterocycles. The molecule has 3 atom stereocenters. The third kappa shape index (κ3) is 6.68. The number of benzene rings is 1. The van der Waals surface area contributed by atoms with E-state index in [1.807, 2.05) is 34.6 Å². The number of nitrogens with one attached hydrogen (secondary N) is 4. The number of H-pyrrole nitrogens is 1. The van der Waals surface area contributed by atoms with Crippen molar-refractivity contribution in [2.75, 3.05) is 0 Å². The molecule has 3 rings (SSSR count). The first kappa shape index (κ1) is 26.8. The molecule has 1 aliphatic heterocycles. The normalized spacial score (nSPS) is 19.0. The summed E-state index contributed by atoms with van der Waals surface area (Å²) in [5.74, 6) is -1.45. The molecule has 0 bridgehead atoms. The quantitative estimate of drug-likeness (QED) is 0.434. The van der Waals surface area contributed by atoms with Gasteiger partial charge in [0, 0.05) is 16.8 Å². The largest absolute Gasteiger partial charge is 0.351 e. The first-order valence-corrected chi connectivity index (χ1v) is 12.2. The number of aromatic amines is 1. The fraction of sp³-hybridized carbons (Fsp3) is 0.520. The second-order valence-electron chi connectivity index (χ2n) is 11.0. The number of aromatic nitrogens is 1. The van der Waals surface area contributed by atoms with Gasteiger partial charge in [0.05, 0.1) is 21.6 Å². The molecule has 35 heavy (non-hydrogen) atoms. The van der Waals surface area contributed by atoms with Crippen LogP contribution < -0.4 is 16.0 Å². The van der Waals surface area contributed by atoms with Gasteiger partial charge >= 0.3 is 0 Å². The van der Waals surface area contributed by atoms with Gasteiger partial charge in [-0.2, -0.15) is 5.26 Å². The van der Waals surface area contributed by atoms with Gasteiger partial charge in [-0.15, -0.1) is 0 Å². The highest BCUT2D eigenvalue weighted by molar-refractivity contribution is 6.45. The van der Waals surface area contributed by atoms with E-state index in [0.717, 1.165) is 0 Å². The van der Waals surface area contributed by atoms with Crippen molar-refractivity contribution in [3.8, 4) is 6.07 Å². The molecule has 188 valence electrons. The second kappa shape index (κ2) is 10.1. The van der Waals surface area contributed by atoms with Crippen LogP contribution in [0.1, 0.15) is 64.4 Å². The number of fused-ring (bicyclic) bond motifs is 1. The van der Waals surface area contributed by atoms with E-state index in [0.29, 0.717) is 33.8 Å². The van der Waals surface area contributed by atoms with Crippen LogP contribution in [0.15, 0.2) is 18.2 Å². The van der Waals surface area contributed by atoms with Crippen LogP contribution in [-0.2, 0) is 9.59 Å². The Balaban J connectivity index is 1.75. The molecule has 1 aliphatic rings. The first-order valence-electron chi connectivity index (χ1n) is 11.5. The molecular formula is C25H31Cl2N5O3. The minimum absolute atomic E-state index is 0.124. The molecule has 1 saturated heterocycles. The summed E-state index contributed by atoms with van der Waals surface area (Å²) in [5, 5.41) is 19.4. The zero-order valence-electron chi connectivity index (χ0n) is 20.5. The summed E-state index contributed by atoms with van der Waals surface area (Å²) < 4.78 is 0. The summed E-state index contributed by atoms with van der Waals surface area (Å²) >= 11 is 12.3. The van der Waals surface area contributed by atoms with Crippen LogP contribution in [0.25, 0.3) is 10.9 Å². The van der Waals surface area contributed by atoms with Gasteiger partial charge in [0.15, 0.2) is 0 Å². The van der Waals surface area contributed by atoms with Gasteiger partial charge in [-0.1, -0.05) is 50.0 Å². The molecule has 4 N–H and O–H groups in total. The highest BCUT2D eigenvalue weighted by atomic mass is 35.5. The summed E-state index contributed by atoms with van der Waals surface area (Å²) in [6.07, 6.45) is 1.12. The zero-order chi connectivity index (χ0) is 26.1. The zero-order valence-corrected chi connectivity index (χ0v) is 22.0. The molecule has 2 aromatic rings. The lowest BCUT2D eigenvalue weighted by molar-refractivity contribution is -0.125. The Bertz CT molecular complexity index is 1190. The van der Waals surface area contributed by atoms with Crippen LogP contribution in [0.3, 0.4) is 0 Å². The molecule has 1 aromatic heterocycles. The second-order valence-corrected chi connectivity index (χ2v) is 11.8. The Morgan fingerprint density at radius 1 is 1.26 bits per heavy atom. The van der Waals surface area contributed by atoms with Gasteiger partial charge in [-0.25, -0.2) is 0 Å². The summed E-state index contributed by atoms with van der Waals surface area (Å²) in [7, 11) is 0. The van der Waals surface area contributed by atoms with Crippen LogP contribution in [-0.4, -0.2) is 40.3 Å². The van der Waals surface area contributed by atoms with Crippen LogP contribution in [0.5, 0.6) is 0 Å². The molecule has 1 aromatic carbocycles. The highest BCUT2D eigenvalue weighted by Gasteiger charge is 2.39. The van der Waals surface area contributed by atoms with Gasteiger partial charge in [0.2, 0.25) is 11.8 Å². The fourth-order valence-corrected chi connectivity index (χ4v) is 4.78. The van der Waals surface area contributed by atoms with Crippen molar-refractivity contribution < 1.29 is 14.4 Å². The lowest BCUT2D eigenvalue weighted by atomic mass is 9.87. The van der Waals surface area contributed by atoms with E-state index >= 15 is 0 Å². The minimum atomic E-state index is -0.891. The Morgan fingerprint density at radius 3 is 2.51 bits per heavy atom. The van der Waals surface area contributed by atoms with Crippen LogP contribution in [0.4, 0.5) is 0 Å². The van der Waals surface area contributed by atoms with Crippen molar-refractivity contribution in [2.45, 2.75) is 71.5 Å². The number of carbonyl (C=O) groups excluding carboxylic acids is 3. The Kier molecular flexibility index (Phi) is 7.73. The smallest absolute Gasteiger partial charge is 0.268 e. The number of hydrogen-bond donors (Lipinski definition) is 4. The molecule has 0 unspecified atom stereocenters.